The van der Waals surface area contributed by atoms with Crippen LogP contribution in [0.25, 0.3) is 17.0 Å². The van der Waals surface area contributed by atoms with Gasteiger partial charge in [0.2, 0.25) is 0 Å². The number of nitrogens with zero attached hydrogens (tertiary/aromatic N) is 4. The monoisotopic (exact) mass is 226 g/mol. The van der Waals surface area contributed by atoms with Crippen molar-refractivity contribution in [3.05, 3.63) is 35.3 Å². The first kappa shape index (κ1) is 10.8. The van der Waals surface area contributed by atoms with Crippen LogP contribution < -0.4 is 0 Å². The Balaban J connectivity index is 2.67. The predicted octanol–water partition coefficient (Wildman–Crippen LogP) is 2.14. The molecule has 0 bridgehead atoms. The average Bonchev–Trinajstić information content (AvgIpc) is 2.67. The molecule has 0 aliphatic rings. The molecule has 2 aromatic rings. The van der Waals surface area contributed by atoms with E-state index < -0.39 is 5.82 Å². The van der Waals surface area contributed by atoms with Crippen molar-refractivity contribution in [3.63, 3.8) is 0 Å². The number of hydrogen-bond acceptors (Lipinski definition) is 3. The van der Waals surface area contributed by atoms with Gasteiger partial charge in [-0.15, -0.1) is 0 Å². The molecule has 0 N–H and O–H groups in total. The minimum atomic E-state index is -0.478. The summed E-state index contributed by atoms with van der Waals surface area (Å²) in [4.78, 5) is 0. The molecular formula is C12H7FN4. The zero-order chi connectivity index (χ0) is 12.4. The highest BCUT2D eigenvalue weighted by atomic mass is 19.1. The maximum atomic E-state index is 13.7. The van der Waals surface area contributed by atoms with Crippen molar-refractivity contribution in [2.45, 2.75) is 0 Å². The maximum Gasteiger partial charge on any atom is 0.131 e. The Morgan fingerprint density at radius 2 is 2.12 bits per heavy atom. The topological polar surface area (TPSA) is 65.4 Å². The van der Waals surface area contributed by atoms with Crippen molar-refractivity contribution >= 4 is 17.0 Å². The molecule has 1 heterocycles. The molecule has 0 fully saturated rings. The standard InChI is InChI=1S/C12H7FN4/c1-17-12-4-9(2-8(5-14)6-15)11(13)3-10(12)7-16-17/h2-4,7H,1H3. The first-order valence-corrected chi connectivity index (χ1v) is 4.79. The van der Waals surface area contributed by atoms with Gasteiger partial charge in [0.05, 0.1) is 11.7 Å². The number of nitriles is 2. The second-order valence-electron chi connectivity index (χ2n) is 3.48. The summed E-state index contributed by atoms with van der Waals surface area (Å²) >= 11 is 0. The lowest BCUT2D eigenvalue weighted by molar-refractivity contribution is 0.627. The van der Waals surface area contributed by atoms with Crippen LogP contribution in [0.4, 0.5) is 4.39 Å². The molecule has 0 radical (unpaired) electrons. The van der Waals surface area contributed by atoms with E-state index in [1.807, 2.05) is 0 Å². The maximum absolute atomic E-state index is 13.7. The van der Waals surface area contributed by atoms with E-state index >= 15 is 0 Å². The largest absolute Gasteiger partial charge is 0.268 e. The number of allylic oxidation sites excluding steroid dienone is 1. The van der Waals surface area contributed by atoms with Crippen LogP contribution in [0.5, 0.6) is 0 Å². The molecule has 5 heteroatoms. The summed E-state index contributed by atoms with van der Waals surface area (Å²) in [6, 6.07) is 6.29. The van der Waals surface area contributed by atoms with Crippen LogP contribution in [-0.4, -0.2) is 9.78 Å². The number of aryl methyl sites for hydroxylation is 1. The third-order valence-corrected chi connectivity index (χ3v) is 2.41. The molecule has 4 nitrogen and oxygen atoms in total. The normalized spacial score (nSPS) is 9.65. The summed E-state index contributed by atoms with van der Waals surface area (Å²) < 4.78 is 15.3. The lowest BCUT2D eigenvalue weighted by Gasteiger charge is -1.99. The molecule has 17 heavy (non-hydrogen) atoms. The third-order valence-electron chi connectivity index (χ3n) is 2.41. The van der Waals surface area contributed by atoms with Gasteiger partial charge in [-0.1, -0.05) is 0 Å². The third kappa shape index (κ3) is 1.86. The lowest BCUT2D eigenvalue weighted by atomic mass is 10.1. The van der Waals surface area contributed by atoms with Crippen LogP contribution in [0.1, 0.15) is 5.56 Å². The zero-order valence-electron chi connectivity index (χ0n) is 8.98. The van der Waals surface area contributed by atoms with Gasteiger partial charge in [-0.2, -0.15) is 15.6 Å². The number of rotatable bonds is 1. The number of aromatic nitrogens is 2. The molecule has 0 spiro atoms. The van der Waals surface area contributed by atoms with Gasteiger partial charge in [-0.05, 0) is 18.2 Å². The summed E-state index contributed by atoms with van der Waals surface area (Å²) in [5, 5.41) is 21.9. The molecule has 1 aromatic heterocycles. The SMILES string of the molecule is Cn1ncc2cc(F)c(C=C(C#N)C#N)cc21. The van der Waals surface area contributed by atoms with Gasteiger partial charge in [0.1, 0.15) is 23.5 Å². The van der Waals surface area contributed by atoms with E-state index in [9.17, 15) is 4.39 Å². The van der Waals surface area contributed by atoms with E-state index in [0.29, 0.717) is 5.39 Å². The van der Waals surface area contributed by atoms with Crippen molar-refractivity contribution in [2.75, 3.05) is 0 Å². The fourth-order valence-electron chi connectivity index (χ4n) is 1.54. The van der Waals surface area contributed by atoms with Gasteiger partial charge >= 0.3 is 0 Å². The highest BCUT2D eigenvalue weighted by Gasteiger charge is 2.07. The molecule has 1 aromatic carbocycles. The Bertz CT molecular complexity index is 682. The van der Waals surface area contributed by atoms with Gasteiger partial charge in [0, 0.05) is 18.0 Å². The fourth-order valence-corrected chi connectivity index (χ4v) is 1.54. The second-order valence-corrected chi connectivity index (χ2v) is 3.48. The van der Waals surface area contributed by atoms with Crippen LogP contribution in [0.2, 0.25) is 0 Å². The second kappa shape index (κ2) is 4.07. The zero-order valence-corrected chi connectivity index (χ0v) is 8.98. The van der Waals surface area contributed by atoms with E-state index in [2.05, 4.69) is 5.10 Å². The van der Waals surface area contributed by atoms with Crippen LogP contribution in [-0.2, 0) is 7.05 Å². The van der Waals surface area contributed by atoms with E-state index in [1.165, 1.54) is 12.1 Å². The Hall–Kier alpha value is -2.66. The molecule has 0 saturated carbocycles. The summed E-state index contributed by atoms with van der Waals surface area (Å²) in [7, 11) is 1.74. The quantitative estimate of drug-likeness (QED) is 0.699. The molecule has 0 atom stereocenters. The summed E-state index contributed by atoms with van der Waals surface area (Å²) in [6.07, 6.45) is 2.78. The molecule has 0 aliphatic carbocycles. The summed E-state index contributed by atoms with van der Waals surface area (Å²) in [5.74, 6) is -0.478. The summed E-state index contributed by atoms with van der Waals surface area (Å²) in [5.41, 5.74) is 0.817. The first-order chi connectivity index (χ1) is 8.15. The number of halogens is 1. The van der Waals surface area contributed by atoms with Crippen LogP contribution in [0, 0.1) is 28.5 Å². The predicted molar refractivity (Wildman–Crippen MR) is 59.9 cm³/mol. The van der Waals surface area contributed by atoms with Crippen LogP contribution >= 0.6 is 0 Å². The average molecular weight is 226 g/mol. The fraction of sp³-hybridized carbons (Fsp3) is 0.0833. The molecule has 82 valence electrons. The molecule has 0 unspecified atom stereocenters. The van der Waals surface area contributed by atoms with Crippen molar-refractivity contribution < 1.29 is 4.39 Å². The van der Waals surface area contributed by atoms with Crippen molar-refractivity contribution in [1.29, 1.82) is 10.5 Å². The minimum absolute atomic E-state index is 0.134. The van der Waals surface area contributed by atoms with E-state index in [-0.39, 0.29) is 11.1 Å². The van der Waals surface area contributed by atoms with Gasteiger partial charge < -0.3 is 0 Å². The van der Waals surface area contributed by atoms with E-state index in [4.69, 9.17) is 10.5 Å². The Labute approximate surface area is 96.8 Å². The molecular weight excluding hydrogens is 219 g/mol. The highest BCUT2D eigenvalue weighted by molar-refractivity contribution is 5.82. The number of benzene rings is 1. The molecule has 0 aliphatic heterocycles. The summed E-state index contributed by atoms with van der Waals surface area (Å²) in [6.45, 7) is 0. The molecule has 0 saturated heterocycles. The Kier molecular flexibility index (Phi) is 2.60. The number of fused-ring (bicyclic) bond motifs is 1. The molecule has 0 amide bonds. The van der Waals surface area contributed by atoms with E-state index in [0.717, 1.165) is 5.52 Å². The van der Waals surface area contributed by atoms with Crippen molar-refractivity contribution in [1.82, 2.24) is 9.78 Å². The van der Waals surface area contributed by atoms with Gasteiger partial charge in [0.15, 0.2) is 0 Å². The van der Waals surface area contributed by atoms with E-state index in [1.54, 1.807) is 36.1 Å². The molecule has 2 rings (SSSR count). The van der Waals surface area contributed by atoms with Crippen molar-refractivity contribution in [3.8, 4) is 12.1 Å². The van der Waals surface area contributed by atoms with Crippen LogP contribution in [0.3, 0.4) is 0 Å². The van der Waals surface area contributed by atoms with Gasteiger partial charge in [-0.25, -0.2) is 4.39 Å². The Morgan fingerprint density at radius 3 is 2.76 bits per heavy atom. The lowest BCUT2D eigenvalue weighted by Crippen LogP contribution is -1.91. The minimum Gasteiger partial charge on any atom is -0.268 e. The van der Waals surface area contributed by atoms with Gasteiger partial charge in [0.25, 0.3) is 0 Å². The Morgan fingerprint density at radius 1 is 1.41 bits per heavy atom. The van der Waals surface area contributed by atoms with Crippen molar-refractivity contribution in [2.24, 2.45) is 7.05 Å². The number of hydrogen-bond donors (Lipinski definition) is 0. The van der Waals surface area contributed by atoms with Gasteiger partial charge in [-0.3, -0.25) is 4.68 Å². The van der Waals surface area contributed by atoms with Crippen LogP contribution in [0.15, 0.2) is 23.9 Å². The first-order valence-electron chi connectivity index (χ1n) is 4.79. The highest BCUT2D eigenvalue weighted by Crippen LogP contribution is 2.20. The smallest absolute Gasteiger partial charge is 0.131 e.